The maximum absolute atomic E-state index is 13.2. The Hall–Kier alpha value is -1.13. The van der Waals surface area contributed by atoms with Crippen LogP contribution in [0.3, 0.4) is 0 Å². The summed E-state index contributed by atoms with van der Waals surface area (Å²) in [4.78, 5) is 12.9. The summed E-state index contributed by atoms with van der Waals surface area (Å²) in [6, 6.07) is 6.49. The van der Waals surface area contributed by atoms with Crippen LogP contribution in [0.15, 0.2) is 24.3 Å². The normalized spacial score (nSPS) is 23.1. The SMILES string of the molecule is Cl.O=C(NCC1CCCNC1)C1(c2ccc(F)cc2)CCCC1. The number of nitrogens with one attached hydrogen (secondary N) is 2. The lowest BCUT2D eigenvalue weighted by molar-refractivity contribution is -0.126. The molecule has 23 heavy (non-hydrogen) atoms. The lowest BCUT2D eigenvalue weighted by Crippen LogP contribution is -2.46. The third-order valence-corrected chi connectivity index (χ3v) is 5.24. The van der Waals surface area contributed by atoms with E-state index in [0.29, 0.717) is 5.92 Å². The quantitative estimate of drug-likeness (QED) is 0.884. The number of rotatable bonds is 4. The highest BCUT2D eigenvalue weighted by molar-refractivity contribution is 5.88. The minimum absolute atomic E-state index is 0. The van der Waals surface area contributed by atoms with E-state index in [1.807, 2.05) is 0 Å². The minimum atomic E-state index is -0.449. The number of amides is 1. The van der Waals surface area contributed by atoms with Crippen LogP contribution < -0.4 is 10.6 Å². The molecular weight excluding hydrogens is 315 g/mol. The molecule has 1 amide bonds. The van der Waals surface area contributed by atoms with Gasteiger partial charge in [-0.2, -0.15) is 0 Å². The maximum Gasteiger partial charge on any atom is 0.230 e. The van der Waals surface area contributed by atoms with Crippen LogP contribution in [0.25, 0.3) is 0 Å². The zero-order chi connectivity index (χ0) is 15.4. The van der Waals surface area contributed by atoms with Crippen LogP contribution in [0.2, 0.25) is 0 Å². The molecule has 1 unspecified atom stereocenters. The predicted octanol–water partition coefficient (Wildman–Crippen LogP) is 3.18. The lowest BCUT2D eigenvalue weighted by atomic mass is 9.78. The van der Waals surface area contributed by atoms with E-state index in [9.17, 15) is 9.18 Å². The smallest absolute Gasteiger partial charge is 0.230 e. The highest BCUT2D eigenvalue weighted by Crippen LogP contribution is 2.41. The van der Waals surface area contributed by atoms with Gasteiger partial charge in [0.05, 0.1) is 5.41 Å². The zero-order valence-corrected chi connectivity index (χ0v) is 14.3. The molecule has 0 bridgehead atoms. The zero-order valence-electron chi connectivity index (χ0n) is 13.4. The van der Waals surface area contributed by atoms with Gasteiger partial charge >= 0.3 is 0 Å². The molecule has 1 aliphatic carbocycles. The van der Waals surface area contributed by atoms with Gasteiger partial charge in [0.1, 0.15) is 5.82 Å². The van der Waals surface area contributed by atoms with Crippen molar-refractivity contribution in [3.8, 4) is 0 Å². The first-order chi connectivity index (χ1) is 10.7. The van der Waals surface area contributed by atoms with E-state index in [1.54, 1.807) is 12.1 Å². The second-order valence-corrected chi connectivity index (χ2v) is 6.72. The second kappa shape index (κ2) is 8.11. The van der Waals surface area contributed by atoms with Crippen molar-refractivity contribution >= 4 is 18.3 Å². The minimum Gasteiger partial charge on any atom is -0.355 e. The van der Waals surface area contributed by atoms with Crippen molar-refractivity contribution in [1.82, 2.24) is 10.6 Å². The van der Waals surface area contributed by atoms with Gasteiger partial charge in [-0.3, -0.25) is 4.79 Å². The number of halogens is 2. The Morgan fingerprint density at radius 3 is 2.52 bits per heavy atom. The van der Waals surface area contributed by atoms with E-state index in [2.05, 4.69) is 10.6 Å². The van der Waals surface area contributed by atoms with Crippen molar-refractivity contribution in [1.29, 1.82) is 0 Å². The van der Waals surface area contributed by atoms with E-state index < -0.39 is 5.41 Å². The molecule has 0 spiro atoms. The summed E-state index contributed by atoms with van der Waals surface area (Å²) in [7, 11) is 0. The van der Waals surface area contributed by atoms with Gasteiger partial charge in [0.2, 0.25) is 5.91 Å². The standard InChI is InChI=1S/C18H25FN2O.ClH/c19-16-7-5-15(6-8-16)18(9-1-2-10-18)17(22)21-13-14-4-3-11-20-12-14;/h5-8,14,20H,1-4,9-13H2,(H,21,22);1H. The summed E-state index contributed by atoms with van der Waals surface area (Å²) >= 11 is 0. The summed E-state index contributed by atoms with van der Waals surface area (Å²) in [6.07, 6.45) is 6.23. The van der Waals surface area contributed by atoms with Gasteiger partial charge < -0.3 is 10.6 Å². The number of hydrogen-bond acceptors (Lipinski definition) is 2. The highest BCUT2D eigenvalue weighted by Gasteiger charge is 2.42. The summed E-state index contributed by atoms with van der Waals surface area (Å²) in [5, 5.41) is 6.56. The Balaban J connectivity index is 0.00000192. The van der Waals surface area contributed by atoms with Crippen LogP contribution in [0, 0.1) is 11.7 Å². The van der Waals surface area contributed by atoms with Crippen molar-refractivity contribution in [2.45, 2.75) is 43.9 Å². The molecule has 1 atom stereocenters. The molecule has 1 saturated heterocycles. The van der Waals surface area contributed by atoms with Gasteiger partial charge in [0, 0.05) is 6.54 Å². The fraction of sp³-hybridized carbons (Fsp3) is 0.611. The molecule has 2 fully saturated rings. The van der Waals surface area contributed by atoms with E-state index in [1.165, 1.54) is 25.0 Å². The van der Waals surface area contributed by atoms with Crippen LogP contribution in [0.1, 0.15) is 44.1 Å². The molecule has 3 nitrogen and oxygen atoms in total. The summed E-state index contributed by atoms with van der Waals surface area (Å²) < 4.78 is 13.2. The predicted molar refractivity (Wildman–Crippen MR) is 92.4 cm³/mol. The van der Waals surface area contributed by atoms with E-state index >= 15 is 0 Å². The first-order valence-corrected chi connectivity index (χ1v) is 8.46. The monoisotopic (exact) mass is 340 g/mol. The number of carbonyl (C=O) groups is 1. The topological polar surface area (TPSA) is 41.1 Å². The van der Waals surface area contributed by atoms with Crippen molar-refractivity contribution in [3.05, 3.63) is 35.6 Å². The van der Waals surface area contributed by atoms with Gasteiger partial charge in [0.25, 0.3) is 0 Å². The molecule has 1 aromatic rings. The third kappa shape index (κ3) is 4.04. The van der Waals surface area contributed by atoms with Crippen LogP contribution in [0.4, 0.5) is 4.39 Å². The van der Waals surface area contributed by atoms with Crippen molar-refractivity contribution < 1.29 is 9.18 Å². The Morgan fingerprint density at radius 2 is 1.91 bits per heavy atom. The van der Waals surface area contributed by atoms with E-state index in [4.69, 9.17) is 0 Å². The Bertz CT molecular complexity index is 508. The van der Waals surface area contributed by atoms with Gasteiger partial charge in [0.15, 0.2) is 0 Å². The first kappa shape index (κ1) is 18.2. The van der Waals surface area contributed by atoms with Gasteiger partial charge in [-0.1, -0.05) is 25.0 Å². The fourth-order valence-electron chi connectivity index (χ4n) is 3.90. The van der Waals surface area contributed by atoms with Crippen LogP contribution in [-0.4, -0.2) is 25.5 Å². The van der Waals surface area contributed by atoms with Gasteiger partial charge in [-0.25, -0.2) is 4.39 Å². The number of hydrogen-bond donors (Lipinski definition) is 2. The Labute approximate surface area is 143 Å². The third-order valence-electron chi connectivity index (χ3n) is 5.24. The van der Waals surface area contributed by atoms with E-state index in [0.717, 1.165) is 50.9 Å². The Morgan fingerprint density at radius 1 is 1.22 bits per heavy atom. The van der Waals surface area contributed by atoms with Gasteiger partial charge in [-0.15, -0.1) is 12.4 Å². The molecule has 0 aromatic heterocycles. The van der Waals surface area contributed by atoms with Crippen LogP contribution >= 0.6 is 12.4 Å². The molecule has 1 aliphatic heterocycles. The molecule has 2 aliphatic rings. The first-order valence-electron chi connectivity index (χ1n) is 8.46. The molecule has 1 aromatic carbocycles. The summed E-state index contributed by atoms with van der Waals surface area (Å²) in [6.45, 7) is 2.82. The van der Waals surface area contributed by atoms with Gasteiger partial charge in [-0.05, 0) is 62.4 Å². The number of carbonyl (C=O) groups excluding carboxylic acids is 1. The summed E-state index contributed by atoms with van der Waals surface area (Å²) in [5.74, 6) is 0.414. The Kier molecular flexibility index (Phi) is 6.42. The molecule has 128 valence electrons. The fourth-order valence-corrected chi connectivity index (χ4v) is 3.90. The molecule has 5 heteroatoms. The van der Waals surface area contributed by atoms with E-state index in [-0.39, 0.29) is 24.1 Å². The average molecular weight is 341 g/mol. The highest BCUT2D eigenvalue weighted by atomic mass is 35.5. The molecule has 1 saturated carbocycles. The summed E-state index contributed by atoms with van der Waals surface area (Å²) in [5.41, 5.74) is 0.515. The van der Waals surface area contributed by atoms with Crippen LogP contribution in [-0.2, 0) is 10.2 Å². The maximum atomic E-state index is 13.2. The number of benzene rings is 1. The average Bonchev–Trinajstić information content (AvgIpc) is 3.05. The lowest BCUT2D eigenvalue weighted by Gasteiger charge is -2.30. The molecule has 2 N–H and O–H groups in total. The molecule has 1 heterocycles. The van der Waals surface area contributed by atoms with Crippen molar-refractivity contribution in [2.75, 3.05) is 19.6 Å². The van der Waals surface area contributed by atoms with Crippen molar-refractivity contribution in [3.63, 3.8) is 0 Å². The number of piperidine rings is 1. The van der Waals surface area contributed by atoms with Crippen molar-refractivity contribution in [2.24, 2.45) is 5.92 Å². The molecule has 3 rings (SSSR count). The molecular formula is C18H26ClFN2O. The van der Waals surface area contributed by atoms with Crippen LogP contribution in [0.5, 0.6) is 0 Å². The largest absolute Gasteiger partial charge is 0.355 e. The molecule has 0 radical (unpaired) electrons. The second-order valence-electron chi connectivity index (χ2n) is 6.72.